The van der Waals surface area contributed by atoms with Gasteiger partial charge in [-0.25, -0.2) is 13.2 Å². The van der Waals surface area contributed by atoms with Gasteiger partial charge in [-0.3, -0.25) is 4.57 Å². The Morgan fingerprint density at radius 2 is 1.45 bits per heavy atom. The van der Waals surface area contributed by atoms with Crippen molar-refractivity contribution in [2.45, 2.75) is 63.0 Å². The van der Waals surface area contributed by atoms with Gasteiger partial charge in [-0.2, -0.15) is 4.31 Å². The molecule has 0 aromatic heterocycles. The van der Waals surface area contributed by atoms with E-state index >= 15 is 0 Å². The molecular weight excluding hydrogens is 759 g/mol. The van der Waals surface area contributed by atoms with Crippen LogP contribution in [0.15, 0.2) is 114 Å². The number of benzene rings is 4. The van der Waals surface area contributed by atoms with E-state index < -0.39 is 42.0 Å². The molecule has 13 nitrogen and oxygen atoms in total. The van der Waals surface area contributed by atoms with Crippen molar-refractivity contribution >= 4 is 23.7 Å². The summed E-state index contributed by atoms with van der Waals surface area (Å²) < 4.78 is 76.4. The molecule has 5 rings (SSSR count). The van der Waals surface area contributed by atoms with Gasteiger partial charge < -0.3 is 38.4 Å². The number of alkyl carbamates (subject to hydrolysis) is 1. The van der Waals surface area contributed by atoms with E-state index in [0.29, 0.717) is 30.1 Å². The predicted octanol–water partition coefficient (Wildman–Crippen LogP) is 6.79. The van der Waals surface area contributed by atoms with E-state index in [2.05, 4.69) is 5.32 Å². The smallest absolute Gasteiger partial charge is 0.407 e. The molecule has 0 spiro atoms. The number of nitrogens with one attached hydrogen (secondary N) is 1. The van der Waals surface area contributed by atoms with Crippen LogP contribution < -0.4 is 14.8 Å². The lowest BCUT2D eigenvalue weighted by Crippen LogP contribution is -2.51. The second-order valence-electron chi connectivity index (χ2n) is 13.9. The van der Waals surface area contributed by atoms with Crippen LogP contribution in [-0.2, 0) is 52.7 Å². The Morgan fingerprint density at radius 1 is 0.857 bits per heavy atom. The zero-order chi connectivity index (χ0) is 40.0. The molecule has 4 aromatic rings. The lowest BCUT2D eigenvalue weighted by atomic mass is 10.0. The Kier molecular flexibility index (Phi) is 15.9. The largest absolute Gasteiger partial charge is 0.497 e. The molecule has 0 saturated carbocycles. The van der Waals surface area contributed by atoms with Crippen LogP contribution in [0, 0.1) is 5.92 Å². The molecule has 0 aliphatic carbocycles. The molecule has 56 heavy (non-hydrogen) atoms. The molecule has 0 bridgehead atoms. The highest BCUT2D eigenvalue weighted by Gasteiger charge is 2.33. The summed E-state index contributed by atoms with van der Waals surface area (Å²) in [4.78, 5) is 13.1. The molecule has 15 heteroatoms. The van der Waals surface area contributed by atoms with Gasteiger partial charge in [0.25, 0.3) is 0 Å². The first kappa shape index (κ1) is 42.9. The monoisotopic (exact) mass is 810 g/mol. The van der Waals surface area contributed by atoms with Crippen molar-refractivity contribution in [3.05, 3.63) is 126 Å². The minimum Gasteiger partial charge on any atom is -0.497 e. The number of sulfonamides is 1. The lowest BCUT2D eigenvalue weighted by Gasteiger charge is -2.30. The van der Waals surface area contributed by atoms with Crippen LogP contribution in [0.5, 0.6) is 11.5 Å². The fourth-order valence-corrected chi connectivity index (χ4v) is 8.72. The number of methoxy groups -OCH3 is 1. The molecule has 1 amide bonds. The summed E-state index contributed by atoms with van der Waals surface area (Å²) in [7, 11) is -6.28. The summed E-state index contributed by atoms with van der Waals surface area (Å²) in [5, 5.41) is 14.4. The molecule has 2 N–H and O–H groups in total. The summed E-state index contributed by atoms with van der Waals surface area (Å²) in [5.41, 5.74) is 2.36. The molecule has 1 aliphatic heterocycles. The fraction of sp³-hybridized carbons (Fsp3) is 0.390. The van der Waals surface area contributed by atoms with Crippen LogP contribution in [0.1, 0.15) is 37.0 Å². The fourth-order valence-electron chi connectivity index (χ4n) is 5.87. The Labute approximate surface area is 329 Å². The highest BCUT2D eigenvalue weighted by molar-refractivity contribution is 7.89. The van der Waals surface area contributed by atoms with Crippen molar-refractivity contribution < 1.29 is 50.9 Å². The number of amides is 1. The van der Waals surface area contributed by atoms with Crippen molar-refractivity contribution in [2.75, 3.05) is 39.8 Å². The second-order valence-corrected chi connectivity index (χ2v) is 17.8. The average molecular weight is 811 g/mol. The zero-order valence-electron chi connectivity index (χ0n) is 31.9. The summed E-state index contributed by atoms with van der Waals surface area (Å²) in [6.07, 6.45) is -2.19. The Bertz CT molecular complexity index is 1900. The van der Waals surface area contributed by atoms with E-state index in [9.17, 15) is 22.9 Å². The Balaban J connectivity index is 1.29. The first-order valence-electron chi connectivity index (χ1n) is 18.5. The maximum atomic E-state index is 13.9. The van der Waals surface area contributed by atoms with Gasteiger partial charge in [0, 0.05) is 19.5 Å². The van der Waals surface area contributed by atoms with Crippen molar-refractivity contribution in [2.24, 2.45) is 5.92 Å². The maximum Gasteiger partial charge on any atom is 0.407 e. The highest BCUT2D eigenvalue weighted by Crippen LogP contribution is 2.49. The summed E-state index contributed by atoms with van der Waals surface area (Å²) >= 11 is 0. The number of hydrogen-bond donors (Lipinski definition) is 2. The van der Waals surface area contributed by atoms with Crippen LogP contribution in [-0.4, -0.2) is 81.9 Å². The van der Waals surface area contributed by atoms with E-state index in [1.165, 1.54) is 23.5 Å². The van der Waals surface area contributed by atoms with Crippen molar-refractivity contribution in [1.29, 1.82) is 0 Å². The molecule has 1 saturated heterocycles. The number of aliphatic hydroxyl groups is 1. The van der Waals surface area contributed by atoms with Gasteiger partial charge in [-0.1, -0.05) is 86.6 Å². The van der Waals surface area contributed by atoms with Crippen LogP contribution in [0.2, 0.25) is 0 Å². The molecule has 4 aromatic carbocycles. The third-order valence-electron chi connectivity index (χ3n) is 8.90. The van der Waals surface area contributed by atoms with Crippen LogP contribution in [0.4, 0.5) is 4.79 Å². The lowest BCUT2D eigenvalue weighted by molar-refractivity contribution is 0.0644. The zero-order valence-corrected chi connectivity index (χ0v) is 33.6. The number of aliphatic hydroxyl groups excluding tert-OH is 1. The molecule has 0 radical (unpaired) electrons. The summed E-state index contributed by atoms with van der Waals surface area (Å²) in [5.74, 6) is 0.831. The minimum atomic E-state index is -4.04. The van der Waals surface area contributed by atoms with Crippen LogP contribution in [0.3, 0.4) is 0 Å². The van der Waals surface area contributed by atoms with E-state index in [1.54, 1.807) is 36.4 Å². The van der Waals surface area contributed by atoms with Gasteiger partial charge >= 0.3 is 13.7 Å². The SMILES string of the molecule is COc1ccc(S(=O)(=O)N(CC(C)C)C[C@@H](O)[C@H](Cc2ccc(OCP(=O)(OCc3ccccc3)OCc3ccccc3)cc2)NC(=O)O[C@@H]2CCOC2)cc1. The molecule has 302 valence electrons. The normalized spacial score (nSPS) is 15.7. The molecule has 1 heterocycles. The Hall–Kier alpha value is -4.27. The third kappa shape index (κ3) is 13.2. The summed E-state index contributed by atoms with van der Waals surface area (Å²) in [6.45, 7) is 4.47. The van der Waals surface area contributed by atoms with Gasteiger partial charge in [0.2, 0.25) is 10.0 Å². The molecule has 1 aliphatic rings. The third-order valence-corrected chi connectivity index (χ3v) is 12.2. The van der Waals surface area contributed by atoms with Gasteiger partial charge in [0.15, 0.2) is 6.35 Å². The van der Waals surface area contributed by atoms with E-state index in [0.717, 1.165) is 11.1 Å². The quantitative estimate of drug-likeness (QED) is 0.0854. The first-order valence-corrected chi connectivity index (χ1v) is 21.6. The van der Waals surface area contributed by atoms with E-state index in [4.69, 9.17) is 28.0 Å². The number of nitrogens with zero attached hydrogens (tertiary/aromatic N) is 1. The highest BCUT2D eigenvalue weighted by atomic mass is 32.2. The van der Waals surface area contributed by atoms with Gasteiger partial charge in [0.1, 0.15) is 17.6 Å². The van der Waals surface area contributed by atoms with Crippen LogP contribution >= 0.6 is 7.60 Å². The number of hydrogen-bond acceptors (Lipinski definition) is 11. The second kappa shape index (κ2) is 20.8. The number of carbonyl (C=O) groups is 1. The number of carbonyl (C=O) groups excluding carboxylic acids is 1. The average Bonchev–Trinajstić information content (AvgIpc) is 3.72. The van der Waals surface area contributed by atoms with Crippen molar-refractivity contribution in [3.8, 4) is 11.5 Å². The van der Waals surface area contributed by atoms with E-state index in [1.807, 2.05) is 74.5 Å². The molecule has 0 unspecified atom stereocenters. The number of ether oxygens (including phenoxy) is 4. The van der Waals surface area contributed by atoms with Crippen molar-refractivity contribution in [1.82, 2.24) is 9.62 Å². The molecular formula is C41H51N2O11PS. The van der Waals surface area contributed by atoms with Crippen molar-refractivity contribution in [3.63, 3.8) is 0 Å². The van der Waals surface area contributed by atoms with Gasteiger partial charge in [-0.15, -0.1) is 0 Å². The maximum absolute atomic E-state index is 13.9. The molecule has 1 fully saturated rings. The topological polar surface area (TPSA) is 159 Å². The van der Waals surface area contributed by atoms with Gasteiger partial charge in [-0.05, 0) is 65.4 Å². The standard InChI is InChI=1S/C41H51N2O11PS/c1-31(2)25-43(56(47,48)38-20-18-35(49-3)19-21-38)26-40(44)39(42-41(45)54-37-22-23-50-29-37)24-32-14-16-36(17-15-32)51-30-55(46,52-27-33-10-6-4-7-11-33)53-28-34-12-8-5-9-13-34/h4-21,31,37,39-40,44H,22-30H2,1-3H3,(H,42,45)/t37-,39+,40-/m1/s1. The first-order chi connectivity index (χ1) is 26.9. The minimum absolute atomic E-state index is 0.0485. The summed E-state index contributed by atoms with van der Waals surface area (Å²) in [6, 6.07) is 30.6. The van der Waals surface area contributed by atoms with E-state index in [-0.39, 0.29) is 56.5 Å². The molecule has 3 atom stereocenters. The number of rotatable bonds is 21. The Morgan fingerprint density at radius 3 is 1.98 bits per heavy atom. The van der Waals surface area contributed by atoms with Crippen LogP contribution in [0.25, 0.3) is 0 Å². The van der Waals surface area contributed by atoms with Gasteiger partial charge in [0.05, 0.1) is 50.6 Å². The predicted molar refractivity (Wildman–Crippen MR) is 211 cm³/mol.